The van der Waals surface area contributed by atoms with Crippen LogP contribution in [0.2, 0.25) is 10.0 Å². The van der Waals surface area contributed by atoms with Crippen LogP contribution in [0.3, 0.4) is 0 Å². The summed E-state index contributed by atoms with van der Waals surface area (Å²) in [6.45, 7) is 1.92. The third kappa shape index (κ3) is 2.46. The van der Waals surface area contributed by atoms with E-state index in [2.05, 4.69) is 0 Å². The average Bonchev–Trinajstić information content (AvgIpc) is 2.77. The minimum absolute atomic E-state index is 0.465. The van der Waals surface area contributed by atoms with Gasteiger partial charge in [0.05, 0.1) is 18.4 Å². The fourth-order valence-corrected chi connectivity index (χ4v) is 2.65. The second kappa shape index (κ2) is 5.43. The lowest BCUT2D eigenvalue weighted by Crippen LogP contribution is -1.96. The van der Waals surface area contributed by atoms with Crippen LogP contribution in [0, 0.1) is 6.92 Å². The van der Waals surface area contributed by atoms with Gasteiger partial charge < -0.3 is 9.15 Å². The van der Waals surface area contributed by atoms with E-state index in [1.165, 1.54) is 7.11 Å². The maximum Gasteiger partial charge on any atom is 0.138 e. The van der Waals surface area contributed by atoms with Crippen molar-refractivity contribution in [2.75, 3.05) is 7.11 Å². The maximum absolute atomic E-state index is 6.37. The van der Waals surface area contributed by atoms with Crippen LogP contribution < -0.4 is 4.74 Å². The highest BCUT2D eigenvalue weighted by molar-refractivity contribution is 6.36. The lowest BCUT2D eigenvalue weighted by molar-refractivity contribution is 0.415. The summed E-state index contributed by atoms with van der Waals surface area (Å²) in [6.07, 6.45) is 1.60. The second-order valence-electron chi connectivity index (χ2n) is 3.84. The van der Waals surface area contributed by atoms with Gasteiger partial charge in [0, 0.05) is 11.1 Å². The molecule has 0 aliphatic rings. The van der Waals surface area contributed by atoms with Crippen LogP contribution in [0.1, 0.15) is 22.3 Å². The predicted octanol–water partition coefficient (Wildman–Crippen LogP) is 5.23. The van der Waals surface area contributed by atoms with Crippen molar-refractivity contribution in [1.29, 1.82) is 0 Å². The molecule has 0 fully saturated rings. The number of aryl methyl sites for hydroxylation is 1. The summed E-state index contributed by atoms with van der Waals surface area (Å²) in [4.78, 5) is 0. The third-order valence-corrected chi connectivity index (χ3v) is 3.73. The molecule has 0 N–H and O–H groups in total. The SMILES string of the molecule is COc1cc(Cl)c(C(Cl)c2occc2C)cc1Cl. The molecule has 0 aliphatic carbocycles. The Labute approximate surface area is 120 Å². The molecule has 0 amide bonds. The number of methoxy groups -OCH3 is 1. The smallest absolute Gasteiger partial charge is 0.138 e. The maximum atomic E-state index is 6.37. The van der Waals surface area contributed by atoms with Crippen molar-refractivity contribution in [2.24, 2.45) is 0 Å². The van der Waals surface area contributed by atoms with Crippen LogP contribution in [-0.2, 0) is 0 Å². The molecule has 2 nitrogen and oxygen atoms in total. The number of alkyl halides is 1. The Morgan fingerprint density at radius 1 is 1.22 bits per heavy atom. The first-order valence-electron chi connectivity index (χ1n) is 5.25. The highest BCUT2D eigenvalue weighted by Gasteiger charge is 2.21. The normalized spacial score (nSPS) is 12.5. The Bertz CT molecular complexity index is 563. The van der Waals surface area contributed by atoms with Crippen molar-refractivity contribution in [3.8, 4) is 5.75 Å². The first-order chi connectivity index (χ1) is 8.54. The topological polar surface area (TPSA) is 22.4 Å². The lowest BCUT2D eigenvalue weighted by Gasteiger charge is -2.13. The Kier molecular flexibility index (Phi) is 4.10. The highest BCUT2D eigenvalue weighted by atomic mass is 35.5. The fourth-order valence-electron chi connectivity index (χ4n) is 1.68. The summed E-state index contributed by atoms with van der Waals surface area (Å²) in [5.74, 6) is 1.19. The zero-order chi connectivity index (χ0) is 13.3. The first kappa shape index (κ1) is 13.6. The summed E-state index contributed by atoms with van der Waals surface area (Å²) in [6, 6.07) is 5.19. The van der Waals surface area contributed by atoms with Crippen molar-refractivity contribution >= 4 is 34.8 Å². The molecular formula is C13H11Cl3O2. The van der Waals surface area contributed by atoms with Crippen molar-refractivity contribution in [1.82, 2.24) is 0 Å². The third-order valence-electron chi connectivity index (χ3n) is 2.68. The molecule has 1 heterocycles. The van der Waals surface area contributed by atoms with E-state index in [0.717, 1.165) is 5.56 Å². The molecular weight excluding hydrogens is 294 g/mol. The summed E-state index contributed by atoms with van der Waals surface area (Å²) >= 11 is 18.6. The quantitative estimate of drug-likeness (QED) is 0.724. The van der Waals surface area contributed by atoms with Gasteiger partial charge in [-0.1, -0.05) is 23.2 Å². The van der Waals surface area contributed by atoms with Crippen LogP contribution in [0.15, 0.2) is 28.9 Å². The number of halogens is 3. The number of rotatable bonds is 3. The number of benzene rings is 1. The molecule has 1 aromatic carbocycles. The van der Waals surface area contributed by atoms with Crippen LogP contribution in [0.25, 0.3) is 0 Å². The minimum Gasteiger partial charge on any atom is -0.495 e. The second-order valence-corrected chi connectivity index (χ2v) is 5.09. The molecule has 2 rings (SSSR count). The van der Waals surface area contributed by atoms with Crippen molar-refractivity contribution in [3.63, 3.8) is 0 Å². The molecule has 1 atom stereocenters. The number of hydrogen-bond acceptors (Lipinski definition) is 2. The summed E-state index contributed by atoms with van der Waals surface area (Å²) in [5, 5.41) is 0.481. The monoisotopic (exact) mass is 304 g/mol. The lowest BCUT2D eigenvalue weighted by atomic mass is 10.1. The van der Waals surface area contributed by atoms with Gasteiger partial charge in [-0.15, -0.1) is 11.6 Å². The molecule has 0 saturated heterocycles. The molecule has 1 aromatic heterocycles. The van der Waals surface area contributed by atoms with E-state index in [9.17, 15) is 0 Å². The van der Waals surface area contributed by atoms with E-state index < -0.39 is 5.38 Å². The summed E-state index contributed by atoms with van der Waals surface area (Å²) in [5.41, 5.74) is 1.67. The highest BCUT2D eigenvalue weighted by Crippen LogP contribution is 2.40. The predicted molar refractivity (Wildman–Crippen MR) is 74.2 cm³/mol. The van der Waals surface area contributed by atoms with Gasteiger partial charge in [0.25, 0.3) is 0 Å². The zero-order valence-electron chi connectivity index (χ0n) is 9.84. The summed E-state index contributed by atoms with van der Waals surface area (Å²) < 4.78 is 10.5. The van der Waals surface area contributed by atoms with E-state index in [1.54, 1.807) is 18.4 Å². The van der Waals surface area contributed by atoms with Gasteiger partial charge in [0.2, 0.25) is 0 Å². The molecule has 5 heteroatoms. The van der Waals surface area contributed by atoms with Gasteiger partial charge in [-0.2, -0.15) is 0 Å². The molecule has 0 saturated carbocycles. The summed E-state index contributed by atoms with van der Waals surface area (Å²) in [7, 11) is 1.53. The fraction of sp³-hybridized carbons (Fsp3) is 0.231. The van der Waals surface area contributed by atoms with Crippen LogP contribution in [0.5, 0.6) is 5.75 Å². The molecule has 1 unspecified atom stereocenters. The molecule has 0 radical (unpaired) electrons. The van der Waals surface area contributed by atoms with Crippen molar-refractivity contribution in [2.45, 2.75) is 12.3 Å². The van der Waals surface area contributed by atoms with Crippen LogP contribution in [0.4, 0.5) is 0 Å². The number of furan rings is 1. The van der Waals surface area contributed by atoms with Gasteiger partial charge in [0.15, 0.2) is 0 Å². The number of ether oxygens (including phenoxy) is 1. The molecule has 18 heavy (non-hydrogen) atoms. The molecule has 2 aromatic rings. The van der Waals surface area contributed by atoms with Crippen LogP contribution in [-0.4, -0.2) is 7.11 Å². The van der Waals surface area contributed by atoms with Gasteiger partial charge in [-0.05, 0) is 30.2 Å². The zero-order valence-corrected chi connectivity index (χ0v) is 12.1. The van der Waals surface area contributed by atoms with E-state index in [1.807, 2.05) is 13.0 Å². The Morgan fingerprint density at radius 2 is 1.94 bits per heavy atom. The minimum atomic E-state index is -0.476. The first-order valence-corrected chi connectivity index (χ1v) is 6.44. The van der Waals surface area contributed by atoms with E-state index in [0.29, 0.717) is 27.1 Å². The van der Waals surface area contributed by atoms with Gasteiger partial charge in [-0.25, -0.2) is 0 Å². The van der Waals surface area contributed by atoms with E-state index in [-0.39, 0.29) is 0 Å². The van der Waals surface area contributed by atoms with Crippen molar-refractivity contribution < 1.29 is 9.15 Å². The molecule has 0 aliphatic heterocycles. The van der Waals surface area contributed by atoms with Gasteiger partial charge in [0.1, 0.15) is 16.9 Å². The van der Waals surface area contributed by atoms with Crippen molar-refractivity contribution in [3.05, 3.63) is 51.4 Å². The Hall–Kier alpha value is -0.830. The van der Waals surface area contributed by atoms with E-state index in [4.69, 9.17) is 44.0 Å². The molecule has 96 valence electrons. The van der Waals surface area contributed by atoms with Gasteiger partial charge >= 0.3 is 0 Å². The Balaban J connectivity index is 2.46. The van der Waals surface area contributed by atoms with Gasteiger partial charge in [-0.3, -0.25) is 0 Å². The van der Waals surface area contributed by atoms with Crippen LogP contribution >= 0.6 is 34.8 Å². The average molecular weight is 306 g/mol. The standard InChI is InChI=1S/C13H11Cl3O2/c1-7-3-4-18-13(7)12(16)8-5-10(15)11(17-2)6-9(8)14/h3-6,12H,1-2H3. The Morgan fingerprint density at radius 3 is 2.50 bits per heavy atom. The van der Waals surface area contributed by atoms with E-state index >= 15 is 0 Å². The number of hydrogen-bond donors (Lipinski definition) is 0. The largest absolute Gasteiger partial charge is 0.495 e. The molecule has 0 bridgehead atoms. The molecule has 0 spiro atoms.